The normalized spacial score (nSPS) is 12.0. The number of sulfonamides is 1. The van der Waals surface area contributed by atoms with E-state index in [9.17, 15) is 22.4 Å². The highest BCUT2D eigenvalue weighted by Gasteiger charge is 2.30. The van der Waals surface area contributed by atoms with E-state index in [-0.39, 0.29) is 43.6 Å². The minimum Gasteiger partial charge on any atom is -0.354 e. The number of para-hydroxylation sites is 1. The number of benzene rings is 3. The number of rotatable bonds is 14. The fourth-order valence-corrected chi connectivity index (χ4v) is 5.27. The maximum Gasteiger partial charge on any atom is 0.243 e. The summed E-state index contributed by atoms with van der Waals surface area (Å²) in [4.78, 5) is 28.6. The summed E-state index contributed by atoms with van der Waals surface area (Å²) in [6.45, 7) is 2.66. The Labute approximate surface area is 230 Å². The Bertz CT molecular complexity index is 1300. The summed E-state index contributed by atoms with van der Waals surface area (Å²) in [5.41, 5.74) is 2.11. The van der Waals surface area contributed by atoms with E-state index < -0.39 is 16.1 Å². The molecule has 0 aromatic heterocycles. The second-order valence-electron chi connectivity index (χ2n) is 9.42. The molecule has 0 aliphatic heterocycles. The molecular formula is C30H36FN3O4S. The van der Waals surface area contributed by atoms with Crippen molar-refractivity contribution in [2.75, 3.05) is 23.7 Å². The third-order valence-corrected chi connectivity index (χ3v) is 7.48. The first kappa shape index (κ1) is 29.8. The van der Waals surface area contributed by atoms with Gasteiger partial charge < -0.3 is 10.2 Å². The molecule has 3 aromatic carbocycles. The molecule has 0 fully saturated rings. The van der Waals surface area contributed by atoms with Crippen LogP contribution in [0.15, 0.2) is 84.9 Å². The Morgan fingerprint density at radius 1 is 0.897 bits per heavy atom. The molecule has 208 valence electrons. The van der Waals surface area contributed by atoms with Crippen LogP contribution < -0.4 is 9.62 Å². The van der Waals surface area contributed by atoms with E-state index >= 15 is 0 Å². The van der Waals surface area contributed by atoms with E-state index in [4.69, 9.17) is 0 Å². The van der Waals surface area contributed by atoms with Crippen LogP contribution in [0.2, 0.25) is 0 Å². The number of hydrogen-bond acceptors (Lipinski definition) is 4. The van der Waals surface area contributed by atoms with Crippen molar-refractivity contribution in [3.63, 3.8) is 0 Å². The van der Waals surface area contributed by atoms with Crippen LogP contribution in [0, 0.1) is 5.82 Å². The van der Waals surface area contributed by atoms with Gasteiger partial charge in [-0.25, -0.2) is 12.8 Å². The van der Waals surface area contributed by atoms with E-state index in [1.165, 1.54) is 21.3 Å². The third-order valence-electron chi connectivity index (χ3n) is 6.28. The van der Waals surface area contributed by atoms with E-state index in [0.717, 1.165) is 18.2 Å². The van der Waals surface area contributed by atoms with Crippen molar-refractivity contribution in [2.24, 2.45) is 0 Å². The van der Waals surface area contributed by atoms with Gasteiger partial charge in [0.15, 0.2) is 0 Å². The van der Waals surface area contributed by atoms with Crippen LogP contribution in [0.5, 0.6) is 0 Å². The van der Waals surface area contributed by atoms with Gasteiger partial charge in [0.2, 0.25) is 21.8 Å². The first-order chi connectivity index (χ1) is 18.7. The summed E-state index contributed by atoms with van der Waals surface area (Å²) in [7, 11) is -3.56. The Morgan fingerprint density at radius 3 is 2.10 bits per heavy atom. The number of amides is 2. The second kappa shape index (κ2) is 14.4. The van der Waals surface area contributed by atoms with Crippen molar-refractivity contribution < 1.29 is 22.4 Å². The van der Waals surface area contributed by atoms with E-state index in [0.29, 0.717) is 24.2 Å². The first-order valence-corrected chi connectivity index (χ1v) is 14.9. The molecule has 0 saturated carbocycles. The largest absolute Gasteiger partial charge is 0.354 e. The van der Waals surface area contributed by atoms with E-state index in [2.05, 4.69) is 5.32 Å². The molecule has 7 nitrogen and oxygen atoms in total. The molecule has 9 heteroatoms. The number of nitrogens with zero attached hydrogens (tertiary/aromatic N) is 2. The Kier molecular flexibility index (Phi) is 11.0. The maximum atomic E-state index is 13.7. The zero-order valence-corrected chi connectivity index (χ0v) is 23.2. The van der Waals surface area contributed by atoms with Crippen molar-refractivity contribution in [1.82, 2.24) is 10.2 Å². The number of nitrogens with one attached hydrogen (secondary N) is 1. The van der Waals surface area contributed by atoms with Crippen LogP contribution in [0.3, 0.4) is 0 Å². The fourth-order valence-electron chi connectivity index (χ4n) is 4.30. The minimum atomic E-state index is -3.56. The lowest BCUT2D eigenvalue weighted by atomic mass is 10.0. The van der Waals surface area contributed by atoms with Gasteiger partial charge in [-0.3, -0.25) is 13.9 Å². The Hall–Kier alpha value is -3.72. The molecular weight excluding hydrogens is 517 g/mol. The quantitative estimate of drug-likeness (QED) is 0.318. The molecule has 0 spiro atoms. The zero-order chi connectivity index (χ0) is 28.3. The lowest BCUT2D eigenvalue weighted by Crippen LogP contribution is -2.50. The standard InChI is InChI=1S/C30H36FN3O4S/c1-3-20-32-30(36)28(22-24-11-6-4-7-12-24)33(23-25-16-18-26(31)19-17-25)29(35)15-10-21-34(39(2,37)38)27-13-8-5-9-14-27/h4-9,11-14,16-19,28H,3,10,15,20-23H2,1-2H3,(H,32,36)/t28-/m1/s1. The molecule has 0 aliphatic rings. The highest BCUT2D eigenvalue weighted by molar-refractivity contribution is 7.92. The van der Waals surface area contributed by atoms with Crippen molar-refractivity contribution in [1.29, 1.82) is 0 Å². The van der Waals surface area contributed by atoms with Crippen LogP contribution in [-0.4, -0.2) is 50.5 Å². The smallest absolute Gasteiger partial charge is 0.243 e. The molecule has 0 unspecified atom stereocenters. The van der Waals surface area contributed by atoms with Gasteiger partial charge in [-0.15, -0.1) is 0 Å². The molecule has 0 heterocycles. The third kappa shape index (κ3) is 9.21. The molecule has 3 aromatic rings. The number of hydrogen-bond donors (Lipinski definition) is 1. The van der Waals surface area contributed by atoms with Crippen molar-refractivity contribution in [3.05, 3.63) is 102 Å². The summed E-state index contributed by atoms with van der Waals surface area (Å²) in [5, 5.41) is 2.92. The fraction of sp³-hybridized carbons (Fsp3) is 0.333. The predicted molar refractivity (Wildman–Crippen MR) is 152 cm³/mol. The van der Waals surface area contributed by atoms with E-state index in [1.807, 2.05) is 37.3 Å². The monoisotopic (exact) mass is 553 g/mol. The van der Waals surface area contributed by atoms with Gasteiger partial charge >= 0.3 is 0 Å². The average Bonchev–Trinajstić information content (AvgIpc) is 2.93. The summed E-state index contributed by atoms with van der Waals surface area (Å²) in [6, 6.07) is 23.2. The van der Waals surface area contributed by atoms with Gasteiger partial charge in [-0.2, -0.15) is 0 Å². The summed E-state index contributed by atoms with van der Waals surface area (Å²) in [6.07, 6.45) is 2.48. The average molecular weight is 554 g/mol. The van der Waals surface area contributed by atoms with Crippen LogP contribution in [0.1, 0.15) is 37.3 Å². The topological polar surface area (TPSA) is 86.8 Å². The molecule has 2 amide bonds. The van der Waals surface area contributed by atoms with Gasteiger partial charge in [-0.1, -0.05) is 67.6 Å². The van der Waals surface area contributed by atoms with Crippen molar-refractivity contribution in [2.45, 2.75) is 45.2 Å². The summed E-state index contributed by atoms with van der Waals surface area (Å²) < 4.78 is 39.8. The van der Waals surface area contributed by atoms with Gasteiger partial charge in [-0.05, 0) is 48.2 Å². The van der Waals surface area contributed by atoms with Gasteiger partial charge in [0.05, 0.1) is 11.9 Å². The van der Waals surface area contributed by atoms with Gasteiger partial charge in [0, 0.05) is 32.5 Å². The van der Waals surface area contributed by atoms with Crippen molar-refractivity contribution >= 4 is 27.5 Å². The van der Waals surface area contributed by atoms with Crippen LogP contribution in [0.4, 0.5) is 10.1 Å². The molecule has 0 bridgehead atoms. The molecule has 1 atom stereocenters. The summed E-state index contributed by atoms with van der Waals surface area (Å²) in [5.74, 6) is -0.938. The molecule has 1 N–H and O–H groups in total. The summed E-state index contributed by atoms with van der Waals surface area (Å²) >= 11 is 0. The SMILES string of the molecule is CCCNC(=O)[C@@H](Cc1ccccc1)N(Cc1ccc(F)cc1)C(=O)CCCN(c1ccccc1)S(C)(=O)=O. The van der Waals surface area contributed by atoms with Crippen LogP contribution in [-0.2, 0) is 32.6 Å². The number of carbonyl (C=O) groups excluding carboxylic acids is 2. The van der Waals surface area contributed by atoms with E-state index in [1.54, 1.807) is 42.5 Å². The highest BCUT2D eigenvalue weighted by Crippen LogP contribution is 2.20. The predicted octanol–water partition coefficient (Wildman–Crippen LogP) is 4.54. The molecule has 0 radical (unpaired) electrons. The Morgan fingerprint density at radius 2 is 1.51 bits per heavy atom. The molecule has 0 aliphatic carbocycles. The van der Waals surface area contributed by atoms with Crippen LogP contribution in [0.25, 0.3) is 0 Å². The lowest BCUT2D eigenvalue weighted by molar-refractivity contribution is -0.141. The van der Waals surface area contributed by atoms with Crippen molar-refractivity contribution in [3.8, 4) is 0 Å². The zero-order valence-electron chi connectivity index (χ0n) is 22.4. The molecule has 39 heavy (non-hydrogen) atoms. The number of halogens is 1. The molecule has 3 rings (SSSR count). The van der Waals surface area contributed by atoms with Gasteiger partial charge in [0.25, 0.3) is 0 Å². The maximum absolute atomic E-state index is 13.7. The lowest BCUT2D eigenvalue weighted by Gasteiger charge is -2.32. The Balaban J connectivity index is 1.85. The second-order valence-corrected chi connectivity index (χ2v) is 11.3. The number of anilines is 1. The van der Waals surface area contributed by atoms with Crippen LogP contribution >= 0.6 is 0 Å². The number of carbonyl (C=O) groups is 2. The minimum absolute atomic E-state index is 0.0341. The molecule has 0 saturated heterocycles. The highest BCUT2D eigenvalue weighted by atomic mass is 32.2. The van der Waals surface area contributed by atoms with Gasteiger partial charge in [0.1, 0.15) is 11.9 Å². The first-order valence-electron chi connectivity index (χ1n) is 13.1.